The number of hydrogen-bond acceptors (Lipinski definition) is 8. The molecule has 0 saturated carbocycles. The minimum Gasteiger partial charge on any atom is -0.493 e. The number of allylic oxidation sites excluding steroid dienone is 1. The lowest BCUT2D eigenvalue weighted by Gasteiger charge is -2.24. The molecule has 0 aliphatic carbocycles. The first-order valence-corrected chi connectivity index (χ1v) is 11.8. The fourth-order valence-electron chi connectivity index (χ4n) is 3.91. The minimum atomic E-state index is -0.658. The summed E-state index contributed by atoms with van der Waals surface area (Å²) in [5, 5.41) is 0. The van der Waals surface area contributed by atoms with Gasteiger partial charge in [0.1, 0.15) is 0 Å². The summed E-state index contributed by atoms with van der Waals surface area (Å²) >= 11 is 1.23. The maximum Gasteiger partial charge on any atom is 0.338 e. The fourth-order valence-corrected chi connectivity index (χ4v) is 4.95. The van der Waals surface area contributed by atoms with Gasteiger partial charge >= 0.3 is 11.9 Å². The van der Waals surface area contributed by atoms with E-state index in [1.807, 2.05) is 30.3 Å². The van der Waals surface area contributed by atoms with E-state index >= 15 is 0 Å². The van der Waals surface area contributed by atoms with E-state index in [0.717, 1.165) is 5.56 Å². The molecule has 35 heavy (non-hydrogen) atoms. The lowest BCUT2D eigenvalue weighted by Crippen LogP contribution is -2.39. The number of rotatable bonds is 6. The molecule has 4 rings (SSSR count). The molecular formula is C26H24N2O6S. The standard InChI is InChI=1S/C26H24N2O6S/c1-5-33-25(31)22-15(2)27-26-28(23(22)18-9-7-6-8-10-18)24(30)21(35-26)14-17-11-12-19(34-16(3)29)20(13-17)32-4/h6-14,23H,5H2,1-4H3/b21-14+/t23-/m1/s1. The summed E-state index contributed by atoms with van der Waals surface area (Å²) in [5.74, 6) is -0.303. The molecule has 0 spiro atoms. The Kier molecular flexibility index (Phi) is 6.97. The quantitative estimate of drug-likeness (QED) is 0.388. The van der Waals surface area contributed by atoms with Gasteiger partial charge < -0.3 is 14.2 Å². The van der Waals surface area contributed by atoms with Gasteiger partial charge in [-0.05, 0) is 43.2 Å². The SMILES string of the molecule is CCOC(=O)C1=C(C)N=c2s/c(=C/c3ccc(OC(C)=O)c(OC)c3)c(=O)n2[C@@H]1c1ccccc1. The molecule has 0 unspecified atom stereocenters. The Morgan fingerprint density at radius 1 is 1.14 bits per heavy atom. The molecule has 1 atom stereocenters. The molecule has 180 valence electrons. The van der Waals surface area contributed by atoms with Crippen molar-refractivity contribution >= 4 is 29.4 Å². The number of carbonyl (C=O) groups is 2. The number of methoxy groups -OCH3 is 1. The van der Waals surface area contributed by atoms with Crippen LogP contribution in [0.15, 0.2) is 69.6 Å². The van der Waals surface area contributed by atoms with Crippen molar-refractivity contribution in [1.82, 2.24) is 4.57 Å². The van der Waals surface area contributed by atoms with Crippen LogP contribution in [0.25, 0.3) is 6.08 Å². The zero-order valence-corrected chi connectivity index (χ0v) is 20.5. The molecule has 0 amide bonds. The molecule has 0 N–H and O–H groups in total. The van der Waals surface area contributed by atoms with Crippen molar-refractivity contribution in [3.8, 4) is 11.5 Å². The first-order chi connectivity index (χ1) is 16.8. The van der Waals surface area contributed by atoms with E-state index in [-0.39, 0.29) is 17.9 Å². The largest absolute Gasteiger partial charge is 0.493 e. The molecule has 2 aromatic carbocycles. The van der Waals surface area contributed by atoms with Gasteiger partial charge in [0.2, 0.25) is 0 Å². The van der Waals surface area contributed by atoms with E-state index in [1.54, 1.807) is 38.1 Å². The molecule has 1 aromatic heterocycles. The van der Waals surface area contributed by atoms with Crippen LogP contribution in [0.4, 0.5) is 0 Å². The third-order valence-electron chi connectivity index (χ3n) is 5.37. The van der Waals surface area contributed by atoms with Gasteiger partial charge in [-0.15, -0.1) is 0 Å². The maximum absolute atomic E-state index is 13.6. The highest BCUT2D eigenvalue weighted by Gasteiger charge is 2.33. The first-order valence-electron chi connectivity index (χ1n) is 10.9. The summed E-state index contributed by atoms with van der Waals surface area (Å²) in [7, 11) is 1.47. The summed E-state index contributed by atoms with van der Waals surface area (Å²) in [4.78, 5) is 42.9. The topological polar surface area (TPSA) is 96.2 Å². The maximum atomic E-state index is 13.6. The predicted molar refractivity (Wildman–Crippen MR) is 131 cm³/mol. The van der Waals surface area contributed by atoms with Crippen LogP contribution in [0.5, 0.6) is 11.5 Å². The van der Waals surface area contributed by atoms with E-state index in [9.17, 15) is 14.4 Å². The Hall–Kier alpha value is -3.98. The van der Waals surface area contributed by atoms with Crippen LogP contribution < -0.4 is 24.4 Å². The van der Waals surface area contributed by atoms with E-state index in [1.165, 1.54) is 29.9 Å². The van der Waals surface area contributed by atoms with Crippen molar-refractivity contribution in [3.63, 3.8) is 0 Å². The van der Waals surface area contributed by atoms with Crippen molar-refractivity contribution in [2.75, 3.05) is 13.7 Å². The number of ether oxygens (including phenoxy) is 3. The number of carbonyl (C=O) groups excluding carboxylic acids is 2. The average Bonchev–Trinajstić information content (AvgIpc) is 3.13. The van der Waals surface area contributed by atoms with E-state index < -0.39 is 18.0 Å². The van der Waals surface area contributed by atoms with Crippen LogP contribution in [0.2, 0.25) is 0 Å². The second kappa shape index (κ2) is 10.1. The Morgan fingerprint density at radius 3 is 2.54 bits per heavy atom. The number of thiazole rings is 1. The summed E-state index contributed by atoms with van der Waals surface area (Å²) in [5.41, 5.74) is 2.03. The Labute approximate surface area is 205 Å². The first kappa shape index (κ1) is 24.2. The highest BCUT2D eigenvalue weighted by Crippen LogP contribution is 2.31. The molecule has 9 heteroatoms. The summed E-state index contributed by atoms with van der Waals surface area (Å²) in [6.45, 7) is 5.01. The van der Waals surface area contributed by atoms with Crippen LogP contribution in [0.1, 0.15) is 37.9 Å². The molecule has 3 aromatic rings. The van der Waals surface area contributed by atoms with Crippen LogP contribution in [-0.4, -0.2) is 30.2 Å². The molecule has 2 heterocycles. The molecule has 0 bridgehead atoms. The number of nitrogens with zero attached hydrogens (tertiary/aromatic N) is 2. The predicted octanol–water partition coefficient (Wildman–Crippen LogP) is 2.73. The van der Waals surface area contributed by atoms with Crippen molar-refractivity contribution in [1.29, 1.82) is 0 Å². The number of benzene rings is 2. The van der Waals surface area contributed by atoms with Crippen molar-refractivity contribution in [3.05, 3.63) is 90.6 Å². The van der Waals surface area contributed by atoms with E-state index in [0.29, 0.717) is 31.9 Å². The van der Waals surface area contributed by atoms with Gasteiger partial charge in [-0.1, -0.05) is 47.7 Å². The van der Waals surface area contributed by atoms with Crippen LogP contribution in [0, 0.1) is 0 Å². The van der Waals surface area contributed by atoms with Gasteiger partial charge in [-0.2, -0.15) is 0 Å². The number of hydrogen-bond donors (Lipinski definition) is 0. The van der Waals surface area contributed by atoms with Gasteiger partial charge in [0.05, 0.1) is 35.6 Å². The fraction of sp³-hybridized carbons (Fsp3) is 0.231. The van der Waals surface area contributed by atoms with Crippen molar-refractivity contribution in [2.24, 2.45) is 4.99 Å². The minimum absolute atomic E-state index is 0.215. The molecule has 1 aliphatic heterocycles. The van der Waals surface area contributed by atoms with Crippen LogP contribution >= 0.6 is 11.3 Å². The Balaban J connectivity index is 1.88. The molecule has 8 nitrogen and oxygen atoms in total. The number of esters is 2. The van der Waals surface area contributed by atoms with E-state index in [4.69, 9.17) is 14.2 Å². The Bertz CT molecular complexity index is 1500. The van der Waals surface area contributed by atoms with Gasteiger partial charge in [0.25, 0.3) is 5.56 Å². The summed E-state index contributed by atoms with van der Waals surface area (Å²) in [6, 6.07) is 13.7. The zero-order chi connectivity index (χ0) is 25.1. The van der Waals surface area contributed by atoms with Crippen molar-refractivity contribution < 1.29 is 23.8 Å². The smallest absolute Gasteiger partial charge is 0.338 e. The van der Waals surface area contributed by atoms with Gasteiger partial charge in [0, 0.05) is 6.92 Å². The summed E-state index contributed by atoms with van der Waals surface area (Å²) in [6.07, 6.45) is 1.72. The molecule has 0 fully saturated rings. The van der Waals surface area contributed by atoms with Crippen LogP contribution in [-0.2, 0) is 14.3 Å². The summed E-state index contributed by atoms with van der Waals surface area (Å²) < 4.78 is 17.8. The third kappa shape index (κ3) is 4.81. The van der Waals surface area contributed by atoms with Gasteiger partial charge in [0.15, 0.2) is 16.3 Å². The highest BCUT2D eigenvalue weighted by molar-refractivity contribution is 7.07. The lowest BCUT2D eigenvalue weighted by atomic mass is 9.96. The normalized spacial score (nSPS) is 15.3. The second-order valence-electron chi connectivity index (χ2n) is 7.72. The number of fused-ring (bicyclic) bond motifs is 1. The molecule has 1 aliphatic rings. The zero-order valence-electron chi connectivity index (χ0n) is 19.7. The average molecular weight is 493 g/mol. The van der Waals surface area contributed by atoms with E-state index in [2.05, 4.69) is 4.99 Å². The molecular weight excluding hydrogens is 468 g/mol. The monoisotopic (exact) mass is 492 g/mol. The third-order valence-corrected chi connectivity index (χ3v) is 6.35. The second-order valence-corrected chi connectivity index (χ2v) is 8.73. The van der Waals surface area contributed by atoms with Crippen molar-refractivity contribution in [2.45, 2.75) is 26.8 Å². The molecule has 0 saturated heterocycles. The molecule has 0 radical (unpaired) electrons. The highest BCUT2D eigenvalue weighted by atomic mass is 32.1. The number of aromatic nitrogens is 1. The van der Waals surface area contributed by atoms with Crippen LogP contribution in [0.3, 0.4) is 0 Å². The van der Waals surface area contributed by atoms with Gasteiger partial charge in [-0.3, -0.25) is 14.2 Å². The van der Waals surface area contributed by atoms with Gasteiger partial charge in [-0.25, -0.2) is 9.79 Å². The Morgan fingerprint density at radius 2 is 1.89 bits per heavy atom. The lowest BCUT2D eigenvalue weighted by molar-refractivity contribution is -0.139.